The molecule has 0 aliphatic carbocycles. The Labute approximate surface area is 112 Å². The van der Waals surface area contributed by atoms with E-state index in [1.807, 2.05) is 24.3 Å². The zero-order chi connectivity index (χ0) is 14.0. The number of urea groups is 1. The number of amides is 2. The van der Waals surface area contributed by atoms with Crippen LogP contribution >= 0.6 is 0 Å². The summed E-state index contributed by atoms with van der Waals surface area (Å²) in [5.74, 6) is -0.924. The molecule has 1 aliphatic heterocycles. The van der Waals surface area contributed by atoms with Crippen LogP contribution in [0.4, 0.5) is 10.5 Å². The molecule has 2 N–H and O–H groups in total. The molecule has 0 bridgehead atoms. The van der Waals surface area contributed by atoms with Crippen LogP contribution in [0.15, 0.2) is 24.3 Å². The molecule has 5 heteroatoms. The maximum absolute atomic E-state index is 12.2. The van der Waals surface area contributed by atoms with Crippen molar-refractivity contribution in [1.82, 2.24) is 5.32 Å². The quantitative estimate of drug-likeness (QED) is 0.875. The SMILES string of the molecule is CC(C)(CC(=O)O)NC(=O)N1CCc2ccccc21. The van der Waals surface area contributed by atoms with Gasteiger partial charge in [-0.15, -0.1) is 0 Å². The first kappa shape index (κ1) is 13.4. The number of para-hydroxylation sites is 1. The first-order valence-corrected chi connectivity index (χ1v) is 6.28. The summed E-state index contributed by atoms with van der Waals surface area (Å²) in [5, 5.41) is 11.6. The largest absolute Gasteiger partial charge is 0.481 e. The second-order valence-electron chi connectivity index (χ2n) is 5.41. The lowest BCUT2D eigenvalue weighted by molar-refractivity contribution is -0.138. The van der Waals surface area contributed by atoms with Crippen LogP contribution in [-0.2, 0) is 11.2 Å². The average molecular weight is 262 g/mol. The monoisotopic (exact) mass is 262 g/mol. The van der Waals surface area contributed by atoms with Gasteiger partial charge >= 0.3 is 12.0 Å². The van der Waals surface area contributed by atoms with E-state index in [0.717, 1.165) is 17.7 Å². The second-order valence-corrected chi connectivity index (χ2v) is 5.41. The van der Waals surface area contributed by atoms with E-state index >= 15 is 0 Å². The number of aliphatic carboxylic acids is 1. The van der Waals surface area contributed by atoms with E-state index in [-0.39, 0.29) is 12.5 Å². The third-order valence-electron chi connectivity index (χ3n) is 3.17. The third-order valence-corrected chi connectivity index (χ3v) is 3.17. The summed E-state index contributed by atoms with van der Waals surface area (Å²) < 4.78 is 0. The van der Waals surface area contributed by atoms with Crippen LogP contribution in [0.5, 0.6) is 0 Å². The lowest BCUT2D eigenvalue weighted by Gasteiger charge is -2.28. The van der Waals surface area contributed by atoms with Gasteiger partial charge in [0.15, 0.2) is 0 Å². The molecule has 0 saturated heterocycles. The fourth-order valence-electron chi connectivity index (χ4n) is 2.33. The number of hydrogen-bond donors (Lipinski definition) is 2. The summed E-state index contributed by atoms with van der Waals surface area (Å²) in [4.78, 5) is 24.6. The highest BCUT2D eigenvalue weighted by Crippen LogP contribution is 2.27. The first-order valence-electron chi connectivity index (χ1n) is 6.28. The molecule has 0 spiro atoms. The Hall–Kier alpha value is -2.04. The van der Waals surface area contributed by atoms with Gasteiger partial charge in [-0.2, -0.15) is 0 Å². The standard InChI is InChI=1S/C14H18N2O3/c1-14(2,9-12(17)18)15-13(19)16-8-7-10-5-3-4-6-11(10)16/h3-6H,7-9H2,1-2H3,(H,15,19)(H,17,18). The van der Waals surface area contributed by atoms with E-state index in [1.165, 1.54) is 0 Å². The van der Waals surface area contributed by atoms with Crippen LogP contribution in [0.3, 0.4) is 0 Å². The lowest BCUT2D eigenvalue weighted by atomic mass is 10.0. The van der Waals surface area contributed by atoms with Crippen molar-refractivity contribution >= 4 is 17.7 Å². The van der Waals surface area contributed by atoms with Crippen LogP contribution < -0.4 is 10.2 Å². The molecule has 2 amide bonds. The zero-order valence-corrected chi connectivity index (χ0v) is 11.1. The van der Waals surface area contributed by atoms with E-state index in [2.05, 4.69) is 5.32 Å². The fourth-order valence-corrected chi connectivity index (χ4v) is 2.33. The van der Waals surface area contributed by atoms with Gasteiger partial charge in [-0.3, -0.25) is 9.69 Å². The molecule has 0 aromatic heterocycles. The minimum Gasteiger partial charge on any atom is -0.481 e. The molecule has 1 heterocycles. The number of carboxylic acids is 1. The molecule has 0 fully saturated rings. The molecule has 1 aromatic carbocycles. The van der Waals surface area contributed by atoms with Crippen molar-refractivity contribution in [2.75, 3.05) is 11.4 Å². The number of hydrogen-bond acceptors (Lipinski definition) is 2. The molecule has 1 aromatic rings. The van der Waals surface area contributed by atoms with Gasteiger partial charge in [0.2, 0.25) is 0 Å². The fraction of sp³-hybridized carbons (Fsp3) is 0.429. The number of benzene rings is 1. The van der Waals surface area contributed by atoms with Gasteiger partial charge in [-0.05, 0) is 31.9 Å². The van der Waals surface area contributed by atoms with Crippen molar-refractivity contribution in [3.63, 3.8) is 0 Å². The van der Waals surface area contributed by atoms with Crippen LogP contribution in [0.2, 0.25) is 0 Å². The number of fused-ring (bicyclic) bond motifs is 1. The minimum absolute atomic E-state index is 0.103. The van der Waals surface area contributed by atoms with Gasteiger partial charge in [-0.25, -0.2) is 4.79 Å². The van der Waals surface area contributed by atoms with E-state index in [9.17, 15) is 9.59 Å². The predicted molar refractivity (Wildman–Crippen MR) is 72.4 cm³/mol. The van der Waals surface area contributed by atoms with Gasteiger partial charge in [-0.1, -0.05) is 18.2 Å². The number of nitrogens with zero attached hydrogens (tertiary/aromatic N) is 1. The van der Waals surface area contributed by atoms with Crippen molar-refractivity contribution in [3.05, 3.63) is 29.8 Å². The molecule has 2 rings (SSSR count). The number of anilines is 1. The number of carboxylic acid groups (broad SMARTS) is 1. The van der Waals surface area contributed by atoms with E-state index < -0.39 is 11.5 Å². The Morgan fingerprint density at radius 1 is 1.37 bits per heavy atom. The molecule has 1 aliphatic rings. The molecule has 0 saturated carbocycles. The van der Waals surface area contributed by atoms with Crippen LogP contribution in [0.1, 0.15) is 25.8 Å². The summed E-state index contributed by atoms with van der Waals surface area (Å²) in [5.41, 5.74) is 1.29. The van der Waals surface area contributed by atoms with Crippen molar-refractivity contribution in [1.29, 1.82) is 0 Å². The highest BCUT2D eigenvalue weighted by Gasteiger charge is 2.29. The molecule has 0 unspecified atom stereocenters. The normalized spacial score (nSPS) is 14.1. The topological polar surface area (TPSA) is 69.6 Å². The van der Waals surface area contributed by atoms with Crippen LogP contribution in [0.25, 0.3) is 0 Å². The minimum atomic E-state index is -0.924. The maximum Gasteiger partial charge on any atom is 0.322 e. The molecular weight excluding hydrogens is 244 g/mol. The van der Waals surface area contributed by atoms with Gasteiger partial charge in [0.25, 0.3) is 0 Å². The number of nitrogens with one attached hydrogen (secondary N) is 1. The van der Waals surface area contributed by atoms with Gasteiger partial charge in [0, 0.05) is 17.8 Å². The van der Waals surface area contributed by atoms with Crippen molar-refractivity contribution in [3.8, 4) is 0 Å². The summed E-state index contributed by atoms with van der Waals surface area (Å²) in [6.07, 6.45) is 0.733. The van der Waals surface area contributed by atoms with E-state index in [4.69, 9.17) is 5.11 Å². The van der Waals surface area contributed by atoms with Gasteiger partial charge in [0.05, 0.1) is 6.42 Å². The molecule has 0 atom stereocenters. The Kier molecular flexibility index (Phi) is 3.46. The van der Waals surface area contributed by atoms with Crippen LogP contribution in [0, 0.1) is 0 Å². The smallest absolute Gasteiger partial charge is 0.322 e. The summed E-state index contributed by atoms with van der Waals surface area (Å²) in [6, 6.07) is 7.52. The molecule has 5 nitrogen and oxygen atoms in total. The second kappa shape index (κ2) is 4.91. The van der Waals surface area contributed by atoms with E-state index in [0.29, 0.717) is 6.54 Å². The summed E-state index contributed by atoms with van der Waals surface area (Å²) >= 11 is 0. The van der Waals surface area contributed by atoms with Crippen molar-refractivity contribution < 1.29 is 14.7 Å². The highest BCUT2D eigenvalue weighted by atomic mass is 16.4. The number of rotatable bonds is 3. The highest BCUT2D eigenvalue weighted by molar-refractivity contribution is 5.94. The van der Waals surface area contributed by atoms with Crippen molar-refractivity contribution in [2.24, 2.45) is 0 Å². The Bertz CT molecular complexity index is 511. The maximum atomic E-state index is 12.2. The number of carbonyl (C=O) groups is 2. The van der Waals surface area contributed by atoms with Crippen molar-refractivity contribution in [2.45, 2.75) is 32.2 Å². The Morgan fingerprint density at radius 2 is 2.05 bits per heavy atom. The summed E-state index contributed by atoms with van der Waals surface area (Å²) in [6.45, 7) is 4.05. The average Bonchev–Trinajstić information content (AvgIpc) is 2.69. The van der Waals surface area contributed by atoms with Gasteiger partial charge in [0.1, 0.15) is 0 Å². The third kappa shape index (κ3) is 3.05. The predicted octanol–water partition coefficient (Wildman–Crippen LogP) is 2.01. The summed E-state index contributed by atoms with van der Waals surface area (Å²) in [7, 11) is 0. The van der Waals surface area contributed by atoms with Crippen LogP contribution in [-0.4, -0.2) is 29.2 Å². The van der Waals surface area contributed by atoms with Gasteiger partial charge < -0.3 is 10.4 Å². The molecule has 0 radical (unpaired) electrons. The zero-order valence-electron chi connectivity index (χ0n) is 11.1. The molecule has 102 valence electrons. The number of carbonyl (C=O) groups excluding carboxylic acids is 1. The lowest BCUT2D eigenvalue weighted by Crippen LogP contribution is -2.50. The Balaban J connectivity index is 2.08. The molecule has 19 heavy (non-hydrogen) atoms. The first-order chi connectivity index (χ1) is 8.89. The Morgan fingerprint density at radius 3 is 2.74 bits per heavy atom. The van der Waals surface area contributed by atoms with E-state index in [1.54, 1.807) is 18.7 Å². The molecular formula is C14H18N2O3.